The van der Waals surface area contributed by atoms with E-state index in [9.17, 15) is 9.59 Å². The van der Waals surface area contributed by atoms with Gasteiger partial charge in [-0.3, -0.25) is 9.59 Å². The summed E-state index contributed by atoms with van der Waals surface area (Å²) in [5.74, 6) is -0.388. The van der Waals surface area contributed by atoms with Crippen molar-refractivity contribution in [1.82, 2.24) is 0 Å². The van der Waals surface area contributed by atoms with E-state index < -0.39 is 0 Å². The van der Waals surface area contributed by atoms with Crippen LogP contribution in [0.1, 0.15) is 19.8 Å². The second kappa shape index (κ2) is 5.65. The first-order valence-corrected chi connectivity index (χ1v) is 3.43. The van der Waals surface area contributed by atoms with E-state index in [1.807, 2.05) is 0 Å². The van der Waals surface area contributed by atoms with E-state index in [1.54, 1.807) is 13.0 Å². The molecule has 0 aliphatic carbocycles. The van der Waals surface area contributed by atoms with Gasteiger partial charge in [-0.05, 0) is 13.0 Å². The fourth-order valence-corrected chi connectivity index (χ4v) is 0.597. The van der Waals surface area contributed by atoms with Crippen molar-refractivity contribution in [2.75, 3.05) is 7.11 Å². The molecular weight excluding hydrogens is 144 g/mol. The van der Waals surface area contributed by atoms with Crippen molar-refractivity contribution >= 4 is 11.8 Å². The number of ether oxygens (including phenoxy) is 1. The van der Waals surface area contributed by atoms with Crippen LogP contribution in [0.15, 0.2) is 12.2 Å². The van der Waals surface area contributed by atoms with Gasteiger partial charge in [0, 0.05) is 6.42 Å². The topological polar surface area (TPSA) is 43.4 Å². The Bertz CT molecular complexity index is 170. The van der Waals surface area contributed by atoms with E-state index in [1.165, 1.54) is 13.2 Å². The van der Waals surface area contributed by atoms with Gasteiger partial charge in [0.2, 0.25) is 0 Å². The molecule has 0 bridgehead atoms. The second-order valence-corrected chi connectivity index (χ2v) is 2.04. The van der Waals surface area contributed by atoms with Gasteiger partial charge in [0.1, 0.15) is 0 Å². The van der Waals surface area contributed by atoms with E-state index in [0.29, 0.717) is 0 Å². The van der Waals surface area contributed by atoms with Gasteiger partial charge in [-0.1, -0.05) is 6.08 Å². The largest absolute Gasteiger partial charge is 0.469 e. The Labute approximate surface area is 66.0 Å². The summed E-state index contributed by atoms with van der Waals surface area (Å²) in [5, 5.41) is 0. The van der Waals surface area contributed by atoms with Crippen molar-refractivity contribution in [3.05, 3.63) is 12.2 Å². The highest BCUT2D eigenvalue weighted by molar-refractivity contribution is 5.91. The Morgan fingerprint density at radius 2 is 2.00 bits per heavy atom. The Balaban J connectivity index is 3.54. The molecule has 0 aliphatic heterocycles. The molecule has 0 saturated carbocycles. The van der Waals surface area contributed by atoms with Crippen molar-refractivity contribution < 1.29 is 14.3 Å². The molecule has 0 fully saturated rings. The van der Waals surface area contributed by atoms with E-state index in [0.717, 1.165) is 0 Å². The van der Waals surface area contributed by atoms with E-state index in [2.05, 4.69) is 4.74 Å². The summed E-state index contributed by atoms with van der Waals surface area (Å²) in [6.07, 6.45) is 3.50. The molecule has 0 radical (unpaired) electrons. The maximum Gasteiger partial charge on any atom is 0.305 e. The average molecular weight is 156 g/mol. The molecule has 3 nitrogen and oxygen atoms in total. The van der Waals surface area contributed by atoms with E-state index in [-0.39, 0.29) is 24.6 Å². The van der Waals surface area contributed by atoms with Crippen LogP contribution in [-0.2, 0) is 14.3 Å². The number of carbonyl (C=O) groups excluding carboxylic acids is 2. The lowest BCUT2D eigenvalue weighted by atomic mass is 10.2. The summed E-state index contributed by atoms with van der Waals surface area (Å²) in [4.78, 5) is 21.3. The molecule has 0 amide bonds. The van der Waals surface area contributed by atoms with Crippen LogP contribution in [0.3, 0.4) is 0 Å². The fourth-order valence-electron chi connectivity index (χ4n) is 0.597. The van der Waals surface area contributed by atoms with Crippen molar-refractivity contribution in [3.8, 4) is 0 Å². The third-order valence-corrected chi connectivity index (χ3v) is 1.16. The van der Waals surface area contributed by atoms with Crippen LogP contribution in [0, 0.1) is 0 Å². The maximum atomic E-state index is 10.8. The summed E-state index contributed by atoms with van der Waals surface area (Å²) in [6.45, 7) is 1.76. The van der Waals surface area contributed by atoms with E-state index >= 15 is 0 Å². The van der Waals surface area contributed by atoms with Gasteiger partial charge in [-0.25, -0.2) is 0 Å². The molecular formula is C8H12O3. The zero-order chi connectivity index (χ0) is 8.69. The Kier molecular flexibility index (Phi) is 5.07. The Hall–Kier alpha value is -1.12. The number of carbonyl (C=O) groups is 2. The second-order valence-electron chi connectivity index (χ2n) is 2.04. The van der Waals surface area contributed by atoms with Crippen LogP contribution in [0.2, 0.25) is 0 Å². The minimum absolute atomic E-state index is 0.0436. The predicted octanol–water partition coefficient (Wildman–Crippen LogP) is 1.08. The SMILES string of the molecule is C/C=C/C(=O)CCC(=O)OC. The molecule has 0 aromatic rings. The summed E-state index contributed by atoms with van der Waals surface area (Å²) in [6, 6.07) is 0. The van der Waals surface area contributed by atoms with Crippen LogP contribution in [-0.4, -0.2) is 18.9 Å². The molecule has 62 valence electrons. The summed E-state index contributed by atoms with van der Waals surface area (Å²) in [7, 11) is 1.31. The summed E-state index contributed by atoms with van der Waals surface area (Å²) < 4.78 is 4.36. The molecule has 0 N–H and O–H groups in total. The zero-order valence-corrected chi connectivity index (χ0v) is 6.79. The van der Waals surface area contributed by atoms with E-state index in [4.69, 9.17) is 0 Å². The molecule has 0 spiro atoms. The Morgan fingerprint density at radius 1 is 1.36 bits per heavy atom. The lowest BCUT2D eigenvalue weighted by Gasteiger charge is -1.94. The van der Waals surface area contributed by atoms with Crippen molar-refractivity contribution in [2.45, 2.75) is 19.8 Å². The third kappa shape index (κ3) is 5.33. The highest BCUT2D eigenvalue weighted by atomic mass is 16.5. The molecule has 0 rings (SSSR count). The van der Waals surface area contributed by atoms with Gasteiger partial charge in [0.15, 0.2) is 5.78 Å². The minimum Gasteiger partial charge on any atom is -0.469 e. The number of methoxy groups -OCH3 is 1. The first-order valence-electron chi connectivity index (χ1n) is 3.43. The third-order valence-electron chi connectivity index (χ3n) is 1.16. The predicted molar refractivity (Wildman–Crippen MR) is 41.1 cm³/mol. The first-order chi connectivity index (χ1) is 5.20. The minimum atomic E-state index is -0.345. The monoisotopic (exact) mass is 156 g/mol. The molecule has 0 aromatic carbocycles. The normalized spacial score (nSPS) is 10.0. The van der Waals surface area contributed by atoms with Gasteiger partial charge in [-0.2, -0.15) is 0 Å². The maximum absolute atomic E-state index is 10.8. The van der Waals surface area contributed by atoms with Gasteiger partial charge in [-0.15, -0.1) is 0 Å². The van der Waals surface area contributed by atoms with Gasteiger partial charge < -0.3 is 4.74 Å². The van der Waals surface area contributed by atoms with Gasteiger partial charge in [0.25, 0.3) is 0 Å². The number of rotatable bonds is 4. The fraction of sp³-hybridized carbons (Fsp3) is 0.500. The summed E-state index contributed by atoms with van der Waals surface area (Å²) >= 11 is 0. The molecule has 0 heterocycles. The molecule has 0 atom stereocenters. The van der Waals surface area contributed by atoms with Crippen LogP contribution in [0.25, 0.3) is 0 Å². The summed E-state index contributed by atoms with van der Waals surface area (Å²) in [5.41, 5.74) is 0. The highest BCUT2D eigenvalue weighted by Gasteiger charge is 2.02. The smallest absolute Gasteiger partial charge is 0.305 e. The van der Waals surface area contributed by atoms with Crippen molar-refractivity contribution in [3.63, 3.8) is 0 Å². The quantitative estimate of drug-likeness (QED) is 0.452. The van der Waals surface area contributed by atoms with Crippen molar-refractivity contribution in [1.29, 1.82) is 0 Å². The van der Waals surface area contributed by atoms with Gasteiger partial charge >= 0.3 is 5.97 Å². The molecule has 11 heavy (non-hydrogen) atoms. The van der Waals surface area contributed by atoms with Gasteiger partial charge in [0.05, 0.1) is 13.5 Å². The lowest BCUT2D eigenvalue weighted by Crippen LogP contribution is -2.03. The lowest BCUT2D eigenvalue weighted by molar-refractivity contribution is -0.141. The number of hydrogen-bond acceptors (Lipinski definition) is 3. The number of esters is 1. The molecule has 0 aromatic heterocycles. The highest BCUT2D eigenvalue weighted by Crippen LogP contribution is 1.94. The standard InChI is InChI=1S/C8H12O3/c1-3-4-7(9)5-6-8(10)11-2/h3-4H,5-6H2,1-2H3/b4-3+. The Morgan fingerprint density at radius 3 is 2.45 bits per heavy atom. The van der Waals surface area contributed by atoms with Crippen molar-refractivity contribution in [2.24, 2.45) is 0 Å². The number of allylic oxidation sites excluding steroid dienone is 2. The molecule has 0 unspecified atom stereocenters. The zero-order valence-electron chi connectivity index (χ0n) is 6.79. The first kappa shape index (κ1) is 9.88. The molecule has 0 aliphatic rings. The number of ketones is 1. The van der Waals surface area contributed by atoms with Crippen LogP contribution in [0.4, 0.5) is 0 Å². The molecule has 3 heteroatoms. The van der Waals surface area contributed by atoms with Crippen LogP contribution < -0.4 is 0 Å². The average Bonchev–Trinajstić information content (AvgIpc) is 2.01. The van der Waals surface area contributed by atoms with Crippen LogP contribution >= 0.6 is 0 Å². The number of hydrogen-bond donors (Lipinski definition) is 0. The molecule has 0 saturated heterocycles. The van der Waals surface area contributed by atoms with Crippen LogP contribution in [0.5, 0.6) is 0 Å².